The molecule has 0 radical (unpaired) electrons. The van der Waals surface area contributed by atoms with E-state index in [1.807, 2.05) is 0 Å². The molecule has 1 aliphatic heterocycles. The summed E-state index contributed by atoms with van der Waals surface area (Å²) in [4.78, 5) is 26.0. The Morgan fingerprint density at radius 2 is 2.08 bits per heavy atom. The number of ether oxygens (including phenoxy) is 2. The number of benzene rings is 1. The Bertz CT molecular complexity index is 773. The van der Waals surface area contributed by atoms with E-state index in [1.165, 1.54) is 0 Å². The summed E-state index contributed by atoms with van der Waals surface area (Å²) < 4.78 is 10.5. The lowest BCUT2D eigenvalue weighted by molar-refractivity contribution is -0.134. The number of esters is 1. The lowest BCUT2D eigenvalue weighted by Gasteiger charge is -2.27. The number of hydrogen-bond donors (Lipinski definition) is 1. The zero-order chi connectivity index (χ0) is 17.8. The zero-order valence-corrected chi connectivity index (χ0v) is 14.5. The van der Waals surface area contributed by atoms with Gasteiger partial charge in [0.15, 0.2) is 12.3 Å². The van der Waals surface area contributed by atoms with Crippen LogP contribution in [0.25, 0.3) is 0 Å². The van der Waals surface area contributed by atoms with Crippen molar-refractivity contribution >= 4 is 23.5 Å². The van der Waals surface area contributed by atoms with Crippen LogP contribution in [-0.4, -0.2) is 46.7 Å². The Morgan fingerprint density at radius 3 is 2.80 bits per heavy atom. The summed E-state index contributed by atoms with van der Waals surface area (Å²) in [5, 5.41) is 7.49. The van der Waals surface area contributed by atoms with Crippen molar-refractivity contribution in [3.63, 3.8) is 0 Å². The molecule has 3 rings (SSSR count). The predicted octanol–water partition coefficient (Wildman–Crippen LogP) is 2.20. The first-order chi connectivity index (χ1) is 12.1. The fraction of sp³-hybridized carbons (Fsp3) is 0.353. The molecule has 2 aromatic rings. The maximum atomic E-state index is 12.4. The van der Waals surface area contributed by atoms with Gasteiger partial charge in [0.2, 0.25) is 0 Å². The van der Waals surface area contributed by atoms with E-state index in [4.69, 9.17) is 21.1 Å². The molecule has 25 heavy (non-hydrogen) atoms. The lowest BCUT2D eigenvalue weighted by atomic mass is 10.1. The standard InChI is InChI=1S/C17H18ClN3O4/c1-2-24-17(23)16-13-9-21(8-7-14(13)19-20-16)15(22)10-25-12-5-3-11(18)4-6-12/h3-6H,2,7-10H2,1H3,(H,19,20). The Morgan fingerprint density at radius 1 is 1.32 bits per heavy atom. The van der Waals surface area contributed by atoms with Crippen molar-refractivity contribution < 1.29 is 19.1 Å². The maximum Gasteiger partial charge on any atom is 0.359 e. The van der Waals surface area contributed by atoms with Crippen molar-refractivity contribution in [1.29, 1.82) is 0 Å². The fourth-order valence-corrected chi connectivity index (χ4v) is 2.77. The number of rotatable bonds is 5. The molecule has 0 atom stereocenters. The van der Waals surface area contributed by atoms with Gasteiger partial charge in [0.1, 0.15) is 5.75 Å². The molecule has 1 aromatic heterocycles. The Hall–Kier alpha value is -2.54. The van der Waals surface area contributed by atoms with Crippen LogP contribution in [0, 0.1) is 0 Å². The van der Waals surface area contributed by atoms with Crippen LogP contribution in [0.3, 0.4) is 0 Å². The minimum atomic E-state index is -0.480. The molecule has 8 heteroatoms. The van der Waals surface area contributed by atoms with Crippen LogP contribution in [0.5, 0.6) is 5.75 Å². The van der Waals surface area contributed by atoms with Crippen LogP contribution < -0.4 is 4.74 Å². The molecule has 0 saturated heterocycles. The number of H-pyrrole nitrogens is 1. The van der Waals surface area contributed by atoms with Crippen LogP contribution in [0.15, 0.2) is 24.3 Å². The number of hydrogen-bond acceptors (Lipinski definition) is 5. The van der Waals surface area contributed by atoms with Crippen molar-refractivity contribution in [2.75, 3.05) is 19.8 Å². The molecule has 0 aliphatic carbocycles. The Labute approximate surface area is 149 Å². The smallest absolute Gasteiger partial charge is 0.359 e. The third kappa shape index (κ3) is 3.93. The van der Waals surface area contributed by atoms with E-state index in [1.54, 1.807) is 36.1 Å². The number of aromatic amines is 1. The van der Waals surface area contributed by atoms with Crippen LogP contribution >= 0.6 is 11.6 Å². The monoisotopic (exact) mass is 363 g/mol. The molecule has 2 heterocycles. The topological polar surface area (TPSA) is 84.5 Å². The second-order valence-electron chi connectivity index (χ2n) is 5.56. The molecule has 0 bridgehead atoms. The average molecular weight is 364 g/mol. The van der Waals surface area contributed by atoms with Gasteiger partial charge in [-0.15, -0.1) is 0 Å². The summed E-state index contributed by atoms with van der Waals surface area (Å²) in [6.45, 7) is 2.78. The molecule has 132 valence electrons. The van der Waals surface area contributed by atoms with Gasteiger partial charge in [-0.3, -0.25) is 9.89 Å². The third-order valence-corrected chi connectivity index (χ3v) is 4.18. The largest absolute Gasteiger partial charge is 0.484 e. The van der Waals surface area contributed by atoms with Crippen LogP contribution in [0.4, 0.5) is 0 Å². The van der Waals surface area contributed by atoms with Gasteiger partial charge in [-0.05, 0) is 31.2 Å². The quantitative estimate of drug-likeness (QED) is 0.823. The molecular formula is C17H18ClN3O4. The first kappa shape index (κ1) is 17.3. The normalized spacial score (nSPS) is 13.3. The van der Waals surface area contributed by atoms with Gasteiger partial charge in [-0.2, -0.15) is 5.10 Å². The lowest BCUT2D eigenvalue weighted by Crippen LogP contribution is -2.39. The van der Waals surface area contributed by atoms with Crippen molar-refractivity contribution in [2.45, 2.75) is 19.9 Å². The van der Waals surface area contributed by atoms with E-state index >= 15 is 0 Å². The molecule has 0 unspecified atom stereocenters. The summed E-state index contributed by atoms with van der Waals surface area (Å²) in [6.07, 6.45) is 0.606. The second-order valence-corrected chi connectivity index (χ2v) is 5.99. The van der Waals surface area contributed by atoms with Crippen molar-refractivity contribution in [3.8, 4) is 5.75 Å². The highest BCUT2D eigenvalue weighted by Crippen LogP contribution is 2.21. The minimum absolute atomic E-state index is 0.0798. The molecule has 0 spiro atoms. The van der Waals surface area contributed by atoms with Gasteiger partial charge in [0, 0.05) is 29.2 Å². The third-order valence-electron chi connectivity index (χ3n) is 3.93. The number of amides is 1. The molecule has 0 fully saturated rings. The van der Waals surface area contributed by atoms with E-state index in [-0.39, 0.29) is 24.8 Å². The Balaban J connectivity index is 1.63. The SMILES string of the molecule is CCOC(=O)c1n[nH]c2c1CN(C(=O)COc1ccc(Cl)cc1)CC2. The predicted molar refractivity (Wildman–Crippen MR) is 90.6 cm³/mol. The summed E-state index contributed by atoms with van der Waals surface area (Å²) in [5.74, 6) is -0.0608. The maximum absolute atomic E-state index is 12.4. The summed E-state index contributed by atoms with van der Waals surface area (Å²) in [7, 11) is 0. The van der Waals surface area contributed by atoms with E-state index in [9.17, 15) is 9.59 Å². The van der Waals surface area contributed by atoms with Gasteiger partial charge >= 0.3 is 5.97 Å². The highest BCUT2D eigenvalue weighted by molar-refractivity contribution is 6.30. The van der Waals surface area contributed by atoms with Gasteiger partial charge in [-0.25, -0.2) is 4.79 Å². The molecule has 1 aromatic carbocycles. The summed E-state index contributed by atoms with van der Waals surface area (Å²) in [5.41, 5.74) is 1.82. The van der Waals surface area contributed by atoms with E-state index in [2.05, 4.69) is 10.2 Å². The van der Waals surface area contributed by atoms with Crippen molar-refractivity contribution in [2.24, 2.45) is 0 Å². The van der Waals surface area contributed by atoms with E-state index in [0.29, 0.717) is 35.8 Å². The molecule has 0 saturated carbocycles. The minimum Gasteiger partial charge on any atom is -0.484 e. The number of carbonyl (C=O) groups is 2. The number of carbonyl (C=O) groups excluding carboxylic acids is 2. The first-order valence-corrected chi connectivity index (χ1v) is 8.35. The van der Waals surface area contributed by atoms with Gasteiger partial charge in [0.05, 0.1) is 13.2 Å². The number of fused-ring (bicyclic) bond motifs is 1. The highest BCUT2D eigenvalue weighted by atomic mass is 35.5. The zero-order valence-electron chi connectivity index (χ0n) is 13.8. The van der Waals surface area contributed by atoms with E-state index < -0.39 is 5.97 Å². The molecule has 1 N–H and O–H groups in total. The van der Waals surface area contributed by atoms with Crippen molar-refractivity contribution in [1.82, 2.24) is 15.1 Å². The summed E-state index contributed by atoms with van der Waals surface area (Å²) >= 11 is 5.82. The van der Waals surface area contributed by atoms with Crippen LogP contribution in [0.2, 0.25) is 5.02 Å². The van der Waals surface area contributed by atoms with E-state index in [0.717, 1.165) is 5.69 Å². The first-order valence-electron chi connectivity index (χ1n) is 7.98. The second kappa shape index (κ2) is 7.57. The van der Waals surface area contributed by atoms with Crippen LogP contribution in [-0.2, 0) is 22.5 Å². The number of aromatic nitrogens is 2. The van der Waals surface area contributed by atoms with Crippen molar-refractivity contribution in [3.05, 3.63) is 46.2 Å². The average Bonchev–Trinajstić information content (AvgIpc) is 3.04. The molecule has 1 aliphatic rings. The molecular weight excluding hydrogens is 346 g/mol. The highest BCUT2D eigenvalue weighted by Gasteiger charge is 2.28. The molecule has 1 amide bonds. The fourth-order valence-electron chi connectivity index (χ4n) is 2.64. The number of halogens is 1. The number of nitrogens with one attached hydrogen (secondary N) is 1. The summed E-state index contributed by atoms with van der Waals surface area (Å²) in [6, 6.07) is 6.81. The molecule has 7 nitrogen and oxygen atoms in total. The van der Waals surface area contributed by atoms with Gasteiger partial charge in [-0.1, -0.05) is 11.6 Å². The van der Waals surface area contributed by atoms with Crippen LogP contribution in [0.1, 0.15) is 28.7 Å². The van der Waals surface area contributed by atoms with Gasteiger partial charge in [0.25, 0.3) is 5.91 Å². The Kier molecular flexibility index (Phi) is 5.23. The number of nitrogens with zero attached hydrogens (tertiary/aromatic N) is 2. The van der Waals surface area contributed by atoms with Gasteiger partial charge < -0.3 is 14.4 Å².